The summed E-state index contributed by atoms with van der Waals surface area (Å²) in [4.78, 5) is 11.9. The number of hydrogen-bond acceptors (Lipinski definition) is 5. The smallest absolute Gasteiger partial charge is 0.295 e. The maximum atomic E-state index is 12.6. The Morgan fingerprint density at radius 2 is 1.44 bits per heavy atom. The number of imidazole rings is 1. The van der Waals surface area contributed by atoms with Crippen LogP contribution in [0.4, 0.5) is 0 Å². The van der Waals surface area contributed by atoms with E-state index in [1.54, 1.807) is 20.2 Å². The minimum Gasteiger partial charge on any atom is -0.295 e. The molecule has 1 heterocycles. The number of nitrogens with two attached hydrogens (primary N) is 1. The third-order valence-electron chi connectivity index (χ3n) is 4.27. The lowest BCUT2D eigenvalue weighted by atomic mass is 10.2. The molecule has 11 heteroatoms. The minimum atomic E-state index is -3.83. The van der Waals surface area contributed by atoms with Crippen LogP contribution in [0.5, 0.6) is 0 Å². The van der Waals surface area contributed by atoms with E-state index in [0.717, 1.165) is 0 Å². The first-order valence-corrected chi connectivity index (χ1v) is 10.8. The Morgan fingerprint density at radius 3 is 2.04 bits per heavy atom. The molecular weight excluding hydrogens is 392 g/mol. The van der Waals surface area contributed by atoms with Gasteiger partial charge >= 0.3 is 5.69 Å². The fourth-order valence-corrected chi connectivity index (χ4v) is 4.27. The summed E-state index contributed by atoms with van der Waals surface area (Å²) in [5, 5.41) is 5.03. The van der Waals surface area contributed by atoms with Crippen LogP contribution in [-0.4, -0.2) is 26.0 Å². The number of rotatable bonds is 5. The van der Waals surface area contributed by atoms with Crippen LogP contribution < -0.4 is 15.6 Å². The Bertz CT molecular complexity index is 1290. The predicted octanol–water partition coefficient (Wildman–Crippen LogP) is 0.00290. The second-order valence-corrected chi connectivity index (χ2v) is 9.39. The van der Waals surface area contributed by atoms with E-state index >= 15 is 0 Å². The quantitative estimate of drug-likeness (QED) is 0.611. The monoisotopic (exact) mass is 410 g/mol. The van der Waals surface area contributed by atoms with E-state index in [9.17, 15) is 21.6 Å². The Morgan fingerprint density at radius 1 is 0.889 bits per heavy atom. The van der Waals surface area contributed by atoms with Gasteiger partial charge in [-0.1, -0.05) is 12.1 Å². The Balaban J connectivity index is 1.86. The Kier molecular flexibility index (Phi) is 4.72. The van der Waals surface area contributed by atoms with Crippen LogP contribution in [0.2, 0.25) is 0 Å². The third kappa shape index (κ3) is 3.67. The molecule has 0 aliphatic heterocycles. The molecule has 0 atom stereocenters. The molecule has 0 unspecified atom stereocenters. The molecule has 2 aromatic carbocycles. The highest BCUT2D eigenvalue weighted by Crippen LogP contribution is 2.18. The number of fused-ring (bicyclic) bond motifs is 1. The number of hydrogen-bond donors (Lipinski definition) is 2. The van der Waals surface area contributed by atoms with Crippen molar-refractivity contribution in [3.8, 4) is 0 Å². The van der Waals surface area contributed by atoms with Gasteiger partial charge in [0.15, 0.2) is 0 Å². The lowest BCUT2D eigenvalue weighted by molar-refractivity contribution is 0.581. The summed E-state index contributed by atoms with van der Waals surface area (Å²) in [5.41, 5.74) is 1.45. The summed E-state index contributed by atoms with van der Waals surface area (Å²) in [6, 6.07) is 10.0. The van der Waals surface area contributed by atoms with Gasteiger partial charge in [-0.05, 0) is 35.9 Å². The fraction of sp³-hybridized carbons (Fsp3) is 0.188. The molecule has 0 amide bonds. The van der Waals surface area contributed by atoms with Crippen LogP contribution >= 0.6 is 0 Å². The zero-order valence-electron chi connectivity index (χ0n) is 14.6. The van der Waals surface area contributed by atoms with E-state index < -0.39 is 20.0 Å². The van der Waals surface area contributed by atoms with Gasteiger partial charge in [-0.3, -0.25) is 9.13 Å². The molecule has 0 bridgehead atoms. The van der Waals surface area contributed by atoms with E-state index in [4.69, 9.17) is 5.14 Å². The van der Waals surface area contributed by atoms with Crippen molar-refractivity contribution in [3.63, 3.8) is 0 Å². The summed E-state index contributed by atoms with van der Waals surface area (Å²) >= 11 is 0. The number of benzene rings is 2. The van der Waals surface area contributed by atoms with Gasteiger partial charge in [0.2, 0.25) is 20.0 Å². The highest BCUT2D eigenvalue weighted by atomic mass is 32.2. The average molecular weight is 410 g/mol. The Hall–Kier alpha value is -2.47. The van der Waals surface area contributed by atoms with Crippen LogP contribution in [0, 0.1) is 0 Å². The molecule has 3 aromatic rings. The molecule has 0 aliphatic rings. The van der Waals surface area contributed by atoms with E-state index in [2.05, 4.69) is 4.72 Å². The van der Waals surface area contributed by atoms with E-state index in [1.165, 1.54) is 45.5 Å². The average Bonchev–Trinajstić information content (AvgIpc) is 2.84. The van der Waals surface area contributed by atoms with Gasteiger partial charge < -0.3 is 0 Å². The van der Waals surface area contributed by atoms with Gasteiger partial charge in [0.1, 0.15) is 0 Å². The van der Waals surface area contributed by atoms with Gasteiger partial charge in [0.05, 0.1) is 20.8 Å². The number of nitrogens with one attached hydrogen (secondary N) is 1. The molecule has 0 fully saturated rings. The van der Waals surface area contributed by atoms with Crippen LogP contribution in [0.25, 0.3) is 11.0 Å². The molecule has 0 radical (unpaired) electrons. The van der Waals surface area contributed by atoms with Crippen molar-refractivity contribution in [2.45, 2.75) is 16.3 Å². The molecule has 3 N–H and O–H groups in total. The van der Waals surface area contributed by atoms with E-state index in [-0.39, 0.29) is 22.0 Å². The van der Waals surface area contributed by atoms with Crippen molar-refractivity contribution in [1.82, 2.24) is 13.9 Å². The standard InChI is InChI=1S/C16H18N4O5S2/c1-19-14-8-7-13(9-15(14)20(2)16(19)21)27(24,25)18-10-11-3-5-12(6-4-11)26(17,22)23/h3-9,18H,10H2,1-2H3,(H2,17,22,23). The summed E-state index contributed by atoms with van der Waals surface area (Å²) in [7, 11) is -4.44. The highest BCUT2D eigenvalue weighted by molar-refractivity contribution is 7.89. The first kappa shape index (κ1) is 19.3. The summed E-state index contributed by atoms with van der Waals surface area (Å²) in [5.74, 6) is 0. The van der Waals surface area contributed by atoms with Crippen LogP contribution in [-0.2, 0) is 40.7 Å². The topological polar surface area (TPSA) is 133 Å². The number of aryl methyl sites for hydroxylation is 2. The van der Waals surface area contributed by atoms with Crippen molar-refractivity contribution < 1.29 is 16.8 Å². The molecule has 0 saturated carbocycles. The predicted molar refractivity (Wildman–Crippen MR) is 100 cm³/mol. The van der Waals surface area contributed by atoms with Crippen molar-refractivity contribution in [2.24, 2.45) is 19.2 Å². The van der Waals surface area contributed by atoms with Gasteiger partial charge in [-0.15, -0.1) is 0 Å². The van der Waals surface area contributed by atoms with Crippen LogP contribution in [0.1, 0.15) is 5.56 Å². The number of sulfonamides is 2. The molecule has 9 nitrogen and oxygen atoms in total. The maximum absolute atomic E-state index is 12.6. The fourth-order valence-electron chi connectivity index (χ4n) is 2.71. The first-order chi connectivity index (χ1) is 12.5. The SMILES string of the molecule is Cn1c(=O)n(C)c2cc(S(=O)(=O)NCc3ccc(S(N)(=O)=O)cc3)ccc21. The highest BCUT2D eigenvalue weighted by Gasteiger charge is 2.17. The molecule has 27 heavy (non-hydrogen) atoms. The molecule has 144 valence electrons. The largest absolute Gasteiger partial charge is 0.328 e. The van der Waals surface area contributed by atoms with Crippen molar-refractivity contribution in [1.29, 1.82) is 0 Å². The summed E-state index contributed by atoms with van der Waals surface area (Å²) < 4.78 is 52.9. The Labute approximate surface area is 156 Å². The zero-order chi connectivity index (χ0) is 20.0. The summed E-state index contributed by atoms with van der Waals surface area (Å²) in [6.07, 6.45) is 0. The second kappa shape index (κ2) is 6.60. The van der Waals surface area contributed by atoms with E-state index in [0.29, 0.717) is 16.6 Å². The molecule has 1 aromatic heterocycles. The zero-order valence-corrected chi connectivity index (χ0v) is 16.2. The second-order valence-electron chi connectivity index (χ2n) is 6.06. The first-order valence-electron chi connectivity index (χ1n) is 7.77. The lowest BCUT2D eigenvalue weighted by Crippen LogP contribution is -2.23. The van der Waals surface area contributed by atoms with Gasteiger partial charge in [0.25, 0.3) is 0 Å². The van der Waals surface area contributed by atoms with E-state index in [1.807, 2.05) is 0 Å². The number of primary sulfonamides is 1. The van der Waals surface area contributed by atoms with Crippen LogP contribution in [0.3, 0.4) is 0 Å². The van der Waals surface area contributed by atoms with Gasteiger partial charge in [-0.2, -0.15) is 0 Å². The van der Waals surface area contributed by atoms with Crippen LogP contribution in [0.15, 0.2) is 57.1 Å². The van der Waals surface area contributed by atoms with Crippen molar-refractivity contribution in [2.75, 3.05) is 0 Å². The molecule has 3 rings (SSSR count). The molecule has 0 spiro atoms. The maximum Gasteiger partial charge on any atom is 0.328 e. The normalized spacial score (nSPS) is 12.6. The molecular formula is C16H18N4O5S2. The number of aromatic nitrogens is 2. The lowest BCUT2D eigenvalue weighted by Gasteiger charge is -2.08. The molecule has 0 saturated heterocycles. The van der Waals surface area contributed by atoms with Crippen molar-refractivity contribution >= 4 is 31.1 Å². The minimum absolute atomic E-state index is 0.0253. The third-order valence-corrected chi connectivity index (χ3v) is 6.60. The summed E-state index contributed by atoms with van der Waals surface area (Å²) in [6.45, 7) is -0.0288. The van der Waals surface area contributed by atoms with Gasteiger partial charge in [0, 0.05) is 20.6 Å². The van der Waals surface area contributed by atoms with Crippen molar-refractivity contribution in [3.05, 3.63) is 58.5 Å². The molecule has 0 aliphatic carbocycles. The number of nitrogens with zero attached hydrogens (tertiary/aromatic N) is 2. The van der Waals surface area contributed by atoms with Gasteiger partial charge in [-0.25, -0.2) is 31.5 Å².